The molecule has 3 aromatic rings. The van der Waals surface area contributed by atoms with Crippen molar-refractivity contribution < 1.29 is 14.7 Å². The van der Waals surface area contributed by atoms with Gasteiger partial charge in [0.15, 0.2) is 5.82 Å². The van der Waals surface area contributed by atoms with Crippen molar-refractivity contribution in [3.63, 3.8) is 0 Å². The van der Waals surface area contributed by atoms with Crippen LogP contribution in [0.25, 0.3) is 17.1 Å². The van der Waals surface area contributed by atoms with E-state index in [1.54, 1.807) is 0 Å². The Bertz CT molecular complexity index is 1340. The highest BCUT2D eigenvalue weighted by molar-refractivity contribution is 5.91. The number of amides is 1. The summed E-state index contributed by atoms with van der Waals surface area (Å²) in [6, 6.07) is 14.6. The Kier molecular flexibility index (Phi) is 15.8. The lowest BCUT2D eigenvalue weighted by Crippen LogP contribution is -2.43. The number of benzene rings is 2. The van der Waals surface area contributed by atoms with Crippen LogP contribution in [0.15, 0.2) is 65.8 Å². The SMILES string of the molecule is CC.CC.CC.Cc1ccc(-c2nc(C(=O)N3CC4=C(C=CCC4)C[C@H]3C)nn2-c2ccc(C)c(C)c2)cc1.O=CO. The number of allylic oxidation sites excluding steroid dienone is 2. The number of carboxylic acid groups (broad SMARTS) is 1. The van der Waals surface area contributed by atoms with Crippen molar-refractivity contribution in [2.24, 2.45) is 0 Å². The van der Waals surface area contributed by atoms with E-state index in [-0.39, 0.29) is 24.2 Å². The van der Waals surface area contributed by atoms with Crippen LogP contribution in [0.1, 0.15) is 95.0 Å². The molecular weight excluding hydrogens is 524 g/mol. The monoisotopic (exact) mass is 574 g/mol. The highest BCUT2D eigenvalue weighted by atomic mass is 16.3. The molecular formula is C35H50N4O3. The van der Waals surface area contributed by atoms with Crippen LogP contribution in [0, 0.1) is 20.8 Å². The Morgan fingerprint density at radius 3 is 2.17 bits per heavy atom. The molecule has 0 spiro atoms. The first-order valence-corrected chi connectivity index (χ1v) is 15.2. The molecule has 1 atom stereocenters. The molecule has 0 bridgehead atoms. The largest absolute Gasteiger partial charge is 0.483 e. The Hall–Kier alpha value is -4.00. The Labute approximate surface area is 253 Å². The third kappa shape index (κ3) is 9.00. The van der Waals surface area contributed by atoms with Crippen LogP contribution in [0.2, 0.25) is 0 Å². The van der Waals surface area contributed by atoms with Crippen molar-refractivity contribution in [2.45, 2.75) is 94.5 Å². The number of carbonyl (C=O) groups excluding carboxylic acids is 1. The first-order valence-electron chi connectivity index (χ1n) is 15.2. The maximum Gasteiger partial charge on any atom is 0.294 e. The van der Waals surface area contributed by atoms with Crippen LogP contribution in [-0.2, 0) is 4.79 Å². The summed E-state index contributed by atoms with van der Waals surface area (Å²) in [6.45, 7) is 20.8. The van der Waals surface area contributed by atoms with Gasteiger partial charge in [0.2, 0.25) is 5.82 Å². The number of rotatable bonds is 3. The van der Waals surface area contributed by atoms with Gasteiger partial charge in [-0.25, -0.2) is 9.67 Å². The fourth-order valence-corrected chi connectivity index (χ4v) is 4.67. The summed E-state index contributed by atoms with van der Waals surface area (Å²) >= 11 is 0. The zero-order valence-corrected chi connectivity index (χ0v) is 27.2. The quantitative estimate of drug-likeness (QED) is 0.317. The van der Waals surface area contributed by atoms with Gasteiger partial charge in [-0.3, -0.25) is 9.59 Å². The molecule has 1 N–H and O–H groups in total. The molecule has 0 saturated carbocycles. The molecule has 7 nitrogen and oxygen atoms in total. The summed E-state index contributed by atoms with van der Waals surface area (Å²) in [6.07, 6.45) is 7.44. The van der Waals surface area contributed by atoms with Crippen molar-refractivity contribution in [1.29, 1.82) is 0 Å². The van der Waals surface area contributed by atoms with Crippen molar-refractivity contribution in [3.05, 3.63) is 88.3 Å². The number of hydrogen-bond donors (Lipinski definition) is 1. The molecule has 1 amide bonds. The lowest BCUT2D eigenvalue weighted by Gasteiger charge is -2.36. The Morgan fingerprint density at radius 1 is 0.952 bits per heavy atom. The third-order valence-corrected chi connectivity index (χ3v) is 6.90. The van der Waals surface area contributed by atoms with Gasteiger partial charge in [0.25, 0.3) is 12.4 Å². The predicted molar refractivity (Wildman–Crippen MR) is 174 cm³/mol. The minimum absolute atomic E-state index is 0.0976. The molecule has 0 saturated heterocycles. The van der Waals surface area contributed by atoms with E-state index in [0.29, 0.717) is 12.4 Å². The Balaban J connectivity index is 0.000000890. The zero-order chi connectivity index (χ0) is 31.8. The van der Waals surface area contributed by atoms with Gasteiger partial charge in [-0.1, -0.05) is 89.6 Å². The van der Waals surface area contributed by atoms with Crippen LogP contribution in [-0.4, -0.2) is 49.7 Å². The first kappa shape index (κ1) is 36.0. The van der Waals surface area contributed by atoms with E-state index in [9.17, 15) is 4.79 Å². The standard InChI is InChI=1S/C28H30N4O.3C2H6.CH2O2/c1-18-9-12-22(13-10-18)27-29-26(30-32(27)25-14-11-19(2)20(3)15-25)28(33)31-17-24-8-6-5-7-23(24)16-21(31)4;3*1-2;2-1-3/h5,7,9-15,21H,6,8,16-17H2,1-4H3;3*1-2H3;1H,(H,2,3)/t21-;;;;/m1..../s1. The summed E-state index contributed by atoms with van der Waals surface area (Å²) < 4.78 is 1.81. The van der Waals surface area contributed by atoms with Gasteiger partial charge in [0.05, 0.1) is 5.69 Å². The van der Waals surface area contributed by atoms with E-state index >= 15 is 0 Å². The fraction of sp³-hybridized carbons (Fsp3) is 0.429. The van der Waals surface area contributed by atoms with Crippen molar-refractivity contribution in [2.75, 3.05) is 6.54 Å². The number of hydrogen-bond acceptors (Lipinski definition) is 4. The van der Waals surface area contributed by atoms with Crippen molar-refractivity contribution in [1.82, 2.24) is 19.7 Å². The second-order valence-corrected chi connectivity index (χ2v) is 9.47. The smallest absolute Gasteiger partial charge is 0.294 e. The van der Waals surface area contributed by atoms with Crippen LogP contribution >= 0.6 is 0 Å². The van der Waals surface area contributed by atoms with Gasteiger partial charge >= 0.3 is 0 Å². The van der Waals surface area contributed by atoms with E-state index in [2.05, 4.69) is 64.1 Å². The van der Waals surface area contributed by atoms with E-state index < -0.39 is 0 Å². The molecule has 0 fully saturated rings. The summed E-state index contributed by atoms with van der Waals surface area (Å²) in [4.78, 5) is 28.7. The average molecular weight is 575 g/mol. The Morgan fingerprint density at radius 2 is 1.57 bits per heavy atom. The molecule has 2 aliphatic rings. The second-order valence-electron chi connectivity index (χ2n) is 9.47. The average Bonchev–Trinajstić information content (AvgIpc) is 3.47. The van der Waals surface area contributed by atoms with Crippen molar-refractivity contribution >= 4 is 12.4 Å². The molecule has 0 radical (unpaired) electrons. The minimum Gasteiger partial charge on any atom is -0.483 e. The van der Waals surface area contributed by atoms with Crippen LogP contribution in [0.3, 0.4) is 0 Å². The summed E-state index contributed by atoms with van der Waals surface area (Å²) in [5.74, 6) is 0.845. The van der Waals surface area contributed by atoms with Crippen LogP contribution in [0.5, 0.6) is 0 Å². The van der Waals surface area contributed by atoms with Crippen LogP contribution in [0.4, 0.5) is 0 Å². The molecule has 42 heavy (non-hydrogen) atoms. The molecule has 1 aliphatic carbocycles. The molecule has 2 aromatic carbocycles. The van der Waals surface area contributed by atoms with Gasteiger partial charge in [0.1, 0.15) is 0 Å². The molecule has 1 aliphatic heterocycles. The summed E-state index contributed by atoms with van der Waals surface area (Å²) in [5.41, 5.74) is 8.21. The third-order valence-electron chi connectivity index (χ3n) is 6.90. The van der Waals surface area contributed by atoms with Gasteiger partial charge in [-0.2, -0.15) is 0 Å². The second kappa shape index (κ2) is 18.4. The number of nitrogens with zero attached hydrogens (tertiary/aromatic N) is 4. The van der Waals surface area contributed by atoms with Gasteiger partial charge < -0.3 is 10.0 Å². The maximum absolute atomic E-state index is 13.6. The maximum atomic E-state index is 13.6. The molecule has 1 aromatic heterocycles. The summed E-state index contributed by atoms with van der Waals surface area (Å²) in [5, 5.41) is 11.6. The molecule has 5 rings (SSSR count). The number of aryl methyl sites for hydroxylation is 3. The lowest BCUT2D eigenvalue weighted by atomic mass is 9.88. The molecule has 2 heterocycles. The van der Waals surface area contributed by atoms with Gasteiger partial charge in [-0.15, -0.1) is 5.10 Å². The fourth-order valence-electron chi connectivity index (χ4n) is 4.67. The van der Waals surface area contributed by atoms with Crippen molar-refractivity contribution in [3.8, 4) is 17.1 Å². The molecule has 0 unspecified atom stereocenters. The van der Waals surface area contributed by atoms with E-state index in [4.69, 9.17) is 20.0 Å². The molecule has 7 heteroatoms. The van der Waals surface area contributed by atoms with Gasteiger partial charge in [0, 0.05) is 18.2 Å². The number of aromatic nitrogens is 3. The van der Waals surface area contributed by atoms with E-state index in [1.807, 2.05) is 69.3 Å². The van der Waals surface area contributed by atoms with E-state index in [1.165, 1.54) is 27.8 Å². The van der Waals surface area contributed by atoms with E-state index in [0.717, 1.165) is 30.5 Å². The summed E-state index contributed by atoms with van der Waals surface area (Å²) in [7, 11) is 0. The minimum atomic E-state index is -0.250. The normalized spacial score (nSPS) is 14.8. The topological polar surface area (TPSA) is 88.3 Å². The lowest BCUT2D eigenvalue weighted by molar-refractivity contribution is -0.122. The zero-order valence-electron chi connectivity index (χ0n) is 27.2. The highest BCUT2D eigenvalue weighted by Gasteiger charge is 2.31. The molecule has 228 valence electrons. The number of carbonyl (C=O) groups is 2. The predicted octanol–water partition coefficient (Wildman–Crippen LogP) is 8.52. The van der Waals surface area contributed by atoms with Gasteiger partial charge in [-0.05, 0) is 81.4 Å². The highest BCUT2D eigenvalue weighted by Crippen LogP contribution is 2.31. The van der Waals surface area contributed by atoms with Crippen LogP contribution < -0.4 is 0 Å². The first-order chi connectivity index (χ1) is 20.3.